The third-order valence-electron chi connectivity index (χ3n) is 2.98. The summed E-state index contributed by atoms with van der Waals surface area (Å²) in [6.07, 6.45) is 1.69. The van der Waals surface area contributed by atoms with Crippen molar-refractivity contribution in [3.05, 3.63) is 65.2 Å². The predicted molar refractivity (Wildman–Crippen MR) is 71.4 cm³/mol. The van der Waals surface area contributed by atoms with Crippen LogP contribution in [0.3, 0.4) is 0 Å². The lowest BCUT2D eigenvalue weighted by atomic mass is 10.1. The maximum absolute atomic E-state index is 13.3. The zero-order chi connectivity index (χ0) is 13.7. The number of hydrogen-bond acceptors (Lipinski definition) is 1. The molecule has 2 aromatic rings. The number of benzene rings is 2. The molecule has 1 nitrogen and oxygen atoms in total. The van der Waals surface area contributed by atoms with E-state index >= 15 is 0 Å². The molecule has 0 saturated heterocycles. The summed E-state index contributed by atoms with van der Waals surface area (Å²) in [6, 6.07) is 12.5. The topological polar surface area (TPSA) is 9.23 Å². The Hall–Kier alpha value is -1.90. The number of ether oxygens (including phenoxy) is 1. The van der Waals surface area contributed by atoms with Crippen LogP contribution < -0.4 is 4.74 Å². The molecule has 2 rings (SSSR count). The van der Waals surface area contributed by atoms with Gasteiger partial charge in [0.2, 0.25) is 0 Å². The van der Waals surface area contributed by atoms with Crippen LogP contribution in [-0.4, -0.2) is 6.61 Å². The van der Waals surface area contributed by atoms with Crippen molar-refractivity contribution in [2.45, 2.75) is 19.8 Å². The third-order valence-corrected chi connectivity index (χ3v) is 2.98. The van der Waals surface area contributed by atoms with Crippen molar-refractivity contribution in [3.63, 3.8) is 0 Å². The third kappa shape index (κ3) is 3.78. The molecule has 2 aromatic carbocycles. The molecule has 0 heterocycles. The Bertz CT molecular complexity index is 515. The van der Waals surface area contributed by atoms with Gasteiger partial charge in [0.15, 0.2) is 0 Å². The van der Waals surface area contributed by atoms with E-state index in [0.717, 1.165) is 12.8 Å². The van der Waals surface area contributed by atoms with Gasteiger partial charge in [0.05, 0.1) is 6.61 Å². The molecular formula is C16H16F2O. The van der Waals surface area contributed by atoms with Gasteiger partial charge in [-0.2, -0.15) is 0 Å². The first-order valence-corrected chi connectivity index (χ1v) is 6.29. The fourth-order valence-corrected chi connectivity index (χ4v) is 1.82. The lowest BCUT2D eigenvalue weighted by Crippen LogP contribution is -2.01. The van der Waals surface area contributed by atoms with Crippen molar-refractivity contribution in [1.29, 1.82) is 0 Å². The van der Waals surface area contributed by atoms with E-state index in [4.69, 9.17) is 4.74 Å². The van der Waals surface area contributed by atoms with Crippen molar-refractivity contribution in [2.75, 3.05) is 6.61 Å². The van der Waals surface area contributed by atoms with Gasteiger partial charge in [0.1, 0.15) is 17.4 Å². The maximum atomic E-state index is 13.3. The van der Waals surface area contributed by atoms with Crippen molar-refractivity contribution in [1.82, 2.24) is 0 Å². The van der Waals surface area contributed by atoms with Crippen LogP contribution in [0.25, 0.3) is 0 Å². The van der Waals surface area contributed by atoms with E-state index in [9.17, 15) is 8.78 Å². The van der Waals surface area contributed by atoms with Gasteiger partial charge in [0.25, 0.3) is 0 Å². The Kier molecular flexibility index (Phi) is 4.50. The molecule has 0 aliphatic heterocycles. The highest BCUT2D eigenvalue weighted by atomic mass is 19.1. The van der Waals surface area contributed by atoms with Crippen molar-refractivity contribution in [2.24, 2.45) is 0 Å². The minimum atomic E-state index is -0.571. The second-order valence-corrected chi connectivity index (χ2v) is 4.45. The van der Waals surface area contributed by atoms with Crippen LogP contribution in [0.15, 0.2) is 42.5 Å². The molecule has 0 fully saturated rings. The van der Waals surface area contributed by atoms with E-state index in [1.54, 1.807) is 0 Å². The fraction of sp³-hybridized carbons (Fsp3) is 0.250. The Labute approximate surface area is 111 Å². The smallest absolute Gasteiger partial charge is 0.132 e. The SMILES string of the molecule is Cc1c(F)cc(OCCCc2ccccc2)cc1F. The fourth-order valence-electron chi connectivity index (χ4n) is 1.82. The predicted octanol–water partition coefficient (Wildman–Crippen LogP) is 4.28. The first-order chi connectivity index (χ1) is 9.16. The average molecular weight is 262 g/mol. The van der Waals surface area contributed by atoms with Gasteiger partial charge in [-0.25, -0.2) is 8.78 Å². The minimum Gasteiger partial charge on any atom is -0.493 e. The largest absolute Gasteiger partial charge is 0.493 e. The van der Waals surface area contributed by atoms with E-state index in [2.05, 4.69) is 0 Å². The molecule has 3 heteroatoms. The highest BCUT2D eigenvalue weighted by Gasteiger charge is 2.07. The summed E-state index contributed by atoms with van der Waals surface area (Å²) in [5.41, 5.74) is 1.25. The molecule has 0 unspecified atom stereocenters. The quantitative estimate of drug-likeness (QED) is 0.730. The van der Waals surface area contributed by atoms with Crippen molar-refractivity contribution in [3.8, 4) is 5.75 Å². The second-order valence-electron chi connectivity index (χ2n) is 4.45. The summed E-state index contributed by atoms with van der Waals surface area (Å²) >= 11 is 0. The molecule has 0 aliphatic rings. The molecule has 0 atom stereocenters. The van der Waals surface area contributed by atoms with Crippen molar-refractivity contribution < 1.29 is 13.5 Å². The molecule has 0 radical (unpaired) electrons. The molecule has 19 heavy (non-hydrogen) atoms. The second kappa shape index (κ2) is 6.32. The average Bonchev–Trinajstić information content (AvgIpc) is 2.42. The minimum absolute atomic E-state index is 0.0247. The zero-order valence-corrected chi connectivity index (χ0v) is 10.8. The highest BCUT2D eigenvalue weighted by Crippen LogP contribution is 2.20. The number of hydrogen-bond donors (Lipinski definition) is 0. The van der Waals surface area contributed by atoms with Crippen LogP contribution in [0.2, 0.25) is 0 Å². The molecule has 0 N–H and O–H groups in total. The lowest BCUT2D eigenvalue weighted by Gasteiger charge is -2.08. The Morgan fingerprint density at radius 3 is 2.26 bits per heavy atom. The number of halogens is 2. The van der Waals surface area contributed by atoms with E-state index in [1.165, 1.54) is 24.6 Å². The van der Waals surface area contributed by atoms with Gasteiger partial charge < -0.3 is 4.74 Å². The van der Waals surface area contributed by atoms with E-state index in [0.29, 0.717) is 6.61 Å². The number of aryl methyl sites for hydroxylation is 1. The summed E-state index contributed by atoms with van der Waals surface area (Å²) < 4.78 is 32.0. The van der Waals surface area contributed by atoms with Gasteiger partial charge >= 0.3 is 0 Å². The highest BCUT2D eigenvalue weighted by molar-refractivity contribution is 5.29. The van der Waals surface area contributed by atoms with Crippen LogP contribution in [0.5, 0.6) is 5.75 Å². The molecule has 0 aromatic heterocycles. The van der Waals surface area contributed by atoms with Crippen LogP contribution in [0, 0.1) is 18.6 Å². The molecule has 0 spiro atoms. The summed E-state index contributed by atoms with van der Waals surface area (Å²) in [4.78, 5) is 0. The first-order valence-electron chi connectivity index (χ1n) is 6.29. The van der Waals surface area contributed by atoms with Crippen LogP contribution >= 0.6 is 0 Å². The van der Waals surface area contributed by atoms with Crippen molar-refractivity contribution >= 4 is 0 Å². The Balaban J connectivity index is 1.83. The summed E-state index contributed by atoms with van der Waals surface area (Å²) in [5.74, 6) is -0.898. The summed E-state index contributed by atoms with van der Waals surface area (Å²) in [7, 11) is 0. The van der Waals surface area contributed by atoms with E-state index < -0.39 is 11.6 Å². The molecule has 0 bridgehead atoms. The molecule has 0 aliphatic carbocycles. The maximum Gasteiger partial charge on any atom is 0.132 e. The normalized spacial score (nSPS) is 10.5. The monoisotopic (exact) mass is 262 g/mol. The van der Waals surface area contributed by atoms with Gasteiger partial charge in [-0.1, -0.05) is 30.3 Å². The Morgan fingerprint density at radius 2 is 1.63 bits per heavy atom. The van der Waals surface area contributed by atoms with E-state index in [1.807, 2.05) is 30.3 Å². The standard InChI is InChI=1S/C16H16F2O/c1-12-15(17)10-14(11-16(12)18)19-9-5-8-13-6-3-2-4-7-13/h2-4,6-7,10-11H,5,8-9H2,1H3. The molecule has 0 saturated carbocycles. The van der Waals surface area contributed by atoms with Gasteiger partial charge in [-0.15, -0.1) is 0 Å². The van der Waals surface area contributed by atoms with Gasteiger partial charge in [-0.3, -0.25) is 0 Å². The molecule has 100 valence electrons. The van der Waals surface area contributed by atoms with Crippen LogP contribution in [-0.2, 0) is 6.42 Å². The Morgan fingerprint density at radius 1 is 1.00 bits per heavy atom. The number of rotatable bonds is 5. The summed E-state index contributed by atoms with van der Waals surface area (Å²) in [5, 5.41) is 0. The zero-order valence-electron chi connectivity index (χ0n) is 10.8. The molecule has 0 amide bonds. The lowest BCUT2D eigenvalue weighted by molar-refractivity contribution is 0.307. The first kappa shape index (κ1) is 13.5. The van der Waals surface area contributed by atoms with Crippen LogP contribution in [0.4, 0.5) is 8.78 Å². The van der Waals surface area contributed by atoms with Crippen LogP contribution in [0.1, 0.15) is 17.5 Å². The molecular weight excluding hydrogens is 246 g/mol. The van der Waals surface area contributed by atoms with Gasteiger partial charge in [-0.05, 0) is 25.3 Å². The summed E-state index contributed by atoms with van der Waals surface area (Å²) in [6.45, 7) is 1.85. The van der Waals surface area contributed by atoms with E-state index in [-0.39, 0.29) is 11.3 Å². The van der Waals surface area contributed by atoms with Gasteiger partial charge in [0, 0.05) is 17.7 Å².